The van der Waals surface area contributed by atoms with Crippen molar-refractivity contribution in [3.05, 3.63) is 70.2 Å². The summed E-state index contributed by atoms with van der Waals surface area (Å²) in [5, 5.41) is 10.0. The second-order valence-electron chi connectivity index (χ2n) is 5.95. The van der Waals surface area contributed by atoms with E-state index in [1.807, 2.05) is 48.5 Å². The van der Waals surface area contributed by atoms with Crippen LogP contribution >= 0.6 is 35.6 Å². The molecule has 1 unspecified atom stereocenters. The molecule has 146 valence electrons. The third-order valence-corrected chi connectivity index (χ3v) is 4.32. The zero-order valence-corrected chi connectivity index (χ0v) is 18.8. The fraction of sp³-hybridized carbons (Fsp3) is 0.300. The van der Waals surface area contributed by atoms with Gasteiger partial charge >= 0.3 is 0 Å². The highest BCUT2D eigenvalue weighted by Crippen LogP contribution is 2.15. The topological polar surface area (TPSA) is 65.5 Å². The quantitative estimate of drug-likeness (QED) is 0.321. The van der Waals surface area contributed by atoms with Crippen LogP contribution in [0.5, 0.6) is 0 Å². The predicted octanol–water partition coefficient (Wildman–Crippen LogP) is 3.79. The first-order chi connectivity index (χ1) is 12.5. The minimum absolute atomic E-state index is 0. The highest BCUT2D eigenvalue weighted by atomic mass is 127. The predicted molar refractivity (Wildman–Crippen MR) is 123 cm³/mol. The number of guanidine groups is 1. The van der Waals surface area contributed by atoms with E-state index in [1.54, 1.807) is 14.1 Å². The van der Waals surface area contributed by atoms with Gasteiger partial charge in [-0.05, 0) is 48.7 Å². The Morgan fingerprint density at radius 2 is 1.89 bits per heavy atom. The standard InChI is InChI=1S/C20H25ClN4O.HI/c1-14(16-7-9-18(21)10-8-16)25-20(23-3)24-12-11-15-5-4-6-17(13-15)19(26)22-2;/h4-10,13-14H,11-12H2,1-3H3,(H,22,26)(H2,23,24,25);1H. The summed E-state index contributed by atoms with van der Waals surface area (Å²) in [5.41, 5.74) is 2.90. The Hall–Kier alpha value is -1.80. The van der Waals surface area contributed by atoms with Gasteiger partial charge in [-0.25, -0.2) is 0 Å². The minimum Gasteiger partial charge on any atom is -0.356 e. The van der Waals surface area contributed by atoms with Gasteiger partial charge in [0.25, 0.3) is 5.91 Å². The number of carbonyl (C=O) groups excluding carboxylic acids is 1. The molecule has 5 nitrogen and oxygen atoms in total. The fourth-order valence-corrected chi connectivity index (χ4v) is 2.70. The van der Waals surface area contributed by atoms with Gasteiger partial charge in [-0.15, -0.1) is 24.0 Å². The second kappa shape index (κ2) is 11.8. The lowest BCUT2D eigenvalue weighted by Gasteiger charge is -2.18. The number of hydrogen-bond acceptors (Lipinski definition) is 2. The van der Waals surface area contributed by atoms with Crippen molar-refractivity contribution in [2.75, 3.05) is 20.6 Å². The number of nitrogens with one attached hydrogen (secondary N) is 3. The van der Waals surface area contributed by atoms with Crippen molar-refractivity contribution >= 4 is 47.4 Å². The number of rotatable bonds is 6. The third-order valence-electron chi connectivity index (χ3n) is 4.07. The Balaban J connectivity index is 0.00000364. The molecular weight excluding hydrogens is 475 g/mol. The summed E-state index contributed by atoms with van der Waals surface area (Å²) >= 11 is 5.93. The molecule has 3 N–H and O–H groups in total. The molecular formula is C20H26ClIN4O. The smallest absolute Gasteiger partial charge is 0.251 e. The second-order valence-corrected chi connectivity index (χ2v) is 6.38. The lowest BCUT2D eigenvalue weighted by atomic mass is 10.1. The molecule has 0 heterocycles. The van der Waals surface area contributed by atoms with Gasteiger partial charge in [-0.1, -0.05) is 35.9 Å². The highest BCUT2D eigenvalue weighted by Gasteiger charge is 2.08. The van der Waals surface area contributed by atoms with Gasteiger partial charge in [0.15, 0.2) is 5.96 Å². The maximum atomic E-state index is 11.7. The van der Waals surface area contributed by atoms with Crippen molar-refractivity contribution in [3.63, 3.8) is 0 Å². The molecule has 2 aromatic rings. The van der Waals surface area contributed by atoms with Crippen LogP contribution in [-0.4, -0.2) is 32.5 Å². The van der Waals surface area contributed by atoms with E-state index in [-0.39, 0.29) is 35.9 Å². The molecule has 1 atom stereocenters. The monoisotopic (exact) mass is 500 g/mol. The summed E-state index contributed by atoms with van der Waals surface area (Å²) in [4.78, 5) is 16.0. The van der Waals surface area contributed by atoms with Crippen LogP contribution in [0.4, 0.5) is 0 Å². The molecule has 0 saturated carbocycles. The summed E-state index contributed by atoms with van der Waals surface area (Å²) in [7, 11) is 3.38. The van der Waals surface area contributed by atoms with Crippen LogP contribution in [-0.2, 0) is 6.42 Å². The van der Waals surface area contributed by atoms with Gasteiger partial charge in [0.2, 0.25) is 0 Å². The Labute approximate surface area is 183 Å². The molecule has 0 aromatic heterocycles. The van der Waals surface area contributed by atoms with Crippen LogP contribution in [0.15, 0.2) is 53.5 Å². The van der Waals surface area contributed by atoms with Crippen molar-refractivity contribution in [2.24, 2.45) is 4.99 Å². The molecule has 2 rings (SSSR count). The van der Waals surface area contributed by atoms with Crippen LogP contribution in [0.2, 0.25) is 5.02 Å². The number of amides is 1. The van der Waals surface area contributed by atoms with Crippen LogP contribution < -0.4 is 16.0 Å². The van der Waals surface area contributed by atoms with Crippen molar-refractivity contribution in [2.45, 2.75) is 19.4 Å². The van der Waals surface area contributed by atoms with Crippen molar-refractivity contribution in [3.8, 4) is 0 Å². The van der Waals surface area contributed by atoms with Gasteiger partial charge < -0.3 is 16.0 Å². The molecule has 0 saturated heterocycles. The van der Waals surface area contributed by atoms with E-state index in [0.29, 0.717) is 12.1 Å². The van der Waals surface area contributed by atoms with E-state index >= 15 is 0 Å². The van der Waals surface area contributed by atoms with E-state index < -0.39 is 0 Å². The summed E-state index contributed by atoms with van der Waals surface area (Å²) < 4.78 is 0. The number of carbonyl (C=O) groups is 1. The zero-order chi connectivity index (χ0) is 18.9. The van der Waals surface area contributed by atoms with E-state index in [9.17, 15) is 4.79 Å². The van der Waals surface area contributed by atoms with Crippen LogP contribution in [0.25, 0.3) is 0 Å². The van der Waals surface area contributed by atoms with Crippen LogP contribution in [0.3, 0.4) is 0 Å². The molecule has 1 amide bonds. The van der Waals surface area contributed by atoms with Gasteiger partial charge in [0, 0.05) is 31.2 Å². The molecule has 0 aliphatic rings. The maximum Gasteiger partial charge on any atom is 0.251 e. The summed E-state index contributed by atoms with van der Waals surface area (Å²) in [6, 6.07) is 15.5. The largest absolute Gasteiger partial charge is 0.356 e. The van der Waals surface area contributed by atoms with Crippen LogP contribution in [0, 0.1) is 0 Å². The first-order valence-corrected chi connectivity index (χ1v) is 8.95. The number of benzene rings is 2. The Kier molecular flexibility index (Phi) is 10.2. The summed E-state index contributed by atoms with van der Waals surface area (Å²) in [6.45, 7) is 2.78. The fourth-order valence-electron chi connectivity index (χ4n) is 2.57. The Morgan fingerprint density at radius 1 is 1.19 bits per heavy atom. The van der Waals surface area contributed by atoms with Gasteiger partial charge in [0.1, 0.15) is 0 Å². The molecule has 27 heavy (non-hydrogen) atoms. The van der Waals surface area contributed by atoms with Gasteiger partial charge in [0.05, 0.1) is 6.04 Å². The maximum absolute atomic E-state index is 11.7. The average molecular weight is 501 g/mol. The molecule has 2 aromatic carbocycles. The Bertz CT molecular complexity index is 765. The lowest BCUT2D eigenvalue weighted by molar-refractivity contribution is 0.0963. The average Bonchev–Trinajstić information content (AvgIpc) is 2.67. The van der Waals surface area contributed by atoms with E-state index in [4.69, 9.17) is 11.6 Å². The van der Waals surface area contributed by atoms with Gasteiger partial charge in [-0.2, -0.15) is 0 Å². The molecule has 0 fully saturated rings. The Morgan fingerprint density at radius 3 is 2.52 bits per heavy atom. The molecule has 0 spiro atoms. The molecule has 7 heteroatoms. The van der Waals surface area contributed by atoms with Crippen molar-refractivity contribution < 1.29 is 4.79 Å². The zero-order valence-electron chi connectivity index (χ0n) is 15.8. The molecule has 0 radical (unpaired) electrons. The van der Waals surface area contributed by atoms with E-state index in [2.05, 4.69) is 27.9 Å². The van der Waals surface area contributed by atoms with Crippen LogP contribution in [0.1, 0.15) is 34.5 Å². The van der Waals surface area contributed by atoms with Gasteiger partial charge in [-0.3, -0.25) is 9.79 Å². The number of nitrogens with zero attached hydrogens (tertiary/aromatic N) is 1. The molecule has 0 aliphatic carbocycles. The minimum atomic E-state index is -0.0749. The number of hydrogen-bond donors (Lipinski definition) is 3. The van der Waals surface area contributed by atoms with E-state index in [0.717, 1.165) is 28.5 Å². The summed E-state index contributed by atoms with van der Waals surface area (Å²) in [6.07, 6.45) is 0.793. The van der Waals surface area contributed by atoms with Crippen molar-refractivity contribution in [1.29, 1.82) is 0 Å². The number of aliphatic imine (C=N–C) groups is 1. The van der Waals surface area contributed by atoms with E-state index in [1.165, 1.54) is 0 Å². The van der Waals surface area contributed by atoms with Crippen molar-refractivity contribution in [1.82, 2.24) is 16.0 Å². The third kappa shape index (κ3) is 7.38. The molecule has 0 bridgehead atoms. The normalized spacial score (nSPS) is 11.9. The summed E-state index contributed by atoms with van der Waals surface area (Å²) in [5.74, 6) is 0.656. The highest BCUT2D eigenvalue weighted by molar-refractivity contribution is 14.0. The SMILES string of the molecule is CN=C(NCCc1cccc(C(=O)NC)c1)NC(C)c1ccc(Cl)cc1.I. The number of halogens is 2. The first kappa shape index (κ1) is 23.2. The molecule has 0 aliphatic heterocycles. The first-order valence-electron chi connectivity index (χ1n) is 8.57. The lowest BCUT2D eigenvalue weighted by Crippen LogP contribution is -2.39.